The molecule has 0 spiro atoms. The first-order valence-corrected chi connectivity index (χ1v) is 11.8. The third kappa shape index (κ3) is 5.20. The molecule has 4 aromatic rings. The van der Waals surface area contributed by atoms with E-state index in [1.54, 1.807) is 30.3 Å². The van der Waals surface area contributed by atoms with E-state index in [2.05, 4.69) is 44.9 Å². The summed E-state index contributed by atoms with van der Waals surface area (Å²) in [6.07, 6.45) is 4.37. The molecule has 5 rings (SSSR count). The Hall–Kier alpha value is -4.65. The molecule has 36 heavy (non-hydrogen) atoms. The molecular formula is C29H26N4O3. The Morgan fingerprint density at radius 2 is 1.78 bits per heavy atom. The zero-order chi connectivity index (χ0) is 24.9. The number of rotatable bonds is 8. The summed E-state index contributed by atoms with van der Waals surface area (Å²) < 4.78 is 5.98. The molecule has 1 amide bonds. The highest BCUT2D eigenvalue weighted by atomic mass is 16.5. The number of fused-ring (bicyclic) bond motifs is 1. The number of nitrogens with one attached hydrogen (secondary N) is 3. The van der Waals surface area contributed by atoms with Gasteiger partial charge in [0.1, 0.15) is 5.75 Å². The summed E-state index contributed by atoms with van der Waals surface area (Å²) in [5, 5.41) is 6.08. The highest BCUT2D eigenvalue weighted by Crippen LogP contribution is 2.20. The zero-order valence-electron chi connectivity index (χ0n) is 19.9. The second-order valence-corrected chi connectivity index (χ2v) is 8.58. The molecule has 180 valence electrons. The first-order valence-electron chi connectivity index (χ1n) is 11.8. The van der Waals surface area contributed by atoms with Gasteiger partial charge in [0.15, 0.2) is 5.82 Å². The number of imidazole rings is 1. The van der Waals surface area contributed by atoms with Crippen molar-refractivity contribution < 1.29 is 14.3 Å². The molecule has 2 heterocycles. The molecule has 0 bridgehead atoms. The molecule has 0 saturated carbocycles. The van der Waals surface area contributed by atoms with Gasteiger partial charge in [-0.2, -0.15) is 0 Å². The molecule has 0 saturated heterocycles. The first-order chi connectivity index (χ1) is 17.6. The molecule has 1 aromatic heterocycles. The van der Waals surface area contributed by atoms with Crippen LogP contribution in [0.5, 0.6) is 5.75 Å². The lowest BCUT2D eigenvalue weighted by Gasteiger charge is -2.18. The number of hydrogen-bond donors (Lipinski definition) is 3. The van der Waals surface area contributed by atoms with Crippen LogP contribution in [0.1, 0.15) is 27.3 Å². The third-order valence-electron chi connectivity index (χ3n) is 5.91. The first kappa shape index (κ1) is 23.1. The summed E-state index contributed by atoms with van der Waals surface area (Å²) in [4.78, 5) is 33.1. The molecule has 1 aliphatic rings. The summed E-state index contributed by atoms with van der Waals surface area (Å²) in [5.41, 5.74) is 4.84. The molecule has 0 atom stereocenters. The van der Waals surface area contributed by atoms with Crippen molar-refractivity contribution >= 4 is 22.7 Å². The molecule has 0 unspecified atom stereocenters. The number of aryl methyl sites for hydroxylation is 1. The maximum absolute atomic E-state index is 12.9. The van der Waals surface area contributed by atoms with Crippen molar-refractivity contribution in [1.29, 1.82) is 0 Å². The number of H-pyrrole nitrogens is 1. The quantitative estimate of drug-likeness (QED) is 0.330. The van der Waals surface area contributed by atoms with Crippen molar-refractivity contribution in [2.24, 2.45) is 0 Å². The van der Waals surface area contributed by atoms with Crippen LogP contribution in [0.4, 0.5) is 0 Å². The van der Waals surface area contributed by atoms with Gasteiger partial charge in [-0.1, -0.05) is 48.0 Å². The summed E-state index contributed by atoms with van der Waals surface area (Å²) in [6, 6.07) is 22.6. The maximum Gasteiger partial charge on any atom is 0.256 e. The smallest absolute Gasteiger partial charge is 0.256 e. The Bertz CT molecular complexity index is 1430. The SMILES string of the molecule is Cc1ccc(CCNC(=O)C2=C(Oc3ccc(C(=O)c4nc5ccccc5[nH]4)cc3)NCC=C2)cc1. The standard InChI is InChI=1S/C29H26N4O3/c1-19-8-10-20(11-9-19)16-18-30-28(35)23-5-4-17-31-29(23)36-22-14-12-21(13-15-22)26(34)27-32-24-6-2-3-7-25(24)33-27/h2-15,31H,16-18H2,1H3,(H,30,35)(H,32,33). The highest BCUT2D eigenvalue weighted by Gasteiger charge is 2.18. The number of para-hydroxylation sites is 2. The van der Waals surface area contributed by atoms with Crippen LogP contribution < -0.4 is 15.4 Å². The monoisotopic (exact) mass is 478 g/mol. The number of ether oxygens (including phenoxy) is 1. The van der Waals surface area contributed by atoms with Gasteiger partial charge >= 0.3 is 0 Å². The summed E-state index contributed by atoms with van der Waals surface area (Å²) >= 11 is 0. The van der Waals surface area contributed by atoms with Crippen molar-refractivity contribution in [2.75, 3.05) is 13.1 Å². The number of aromatic nitrogens is 2. The van der Waals surface area contributed by atoms with Crippen molar-refractivity contribution in [3.05, 3.63) is 119 Å². The van der Waals surface area contributed by atoms with Crippen LogP contribution in [0.3, 0.4) is 0 Å². The average Bonchev–Trinajstić information content (AvgIpc) is 3.35. The van der Waals surface area contributed by atoms with Gasteiger partial charge in [-0.15, -0.1) is 0 Å². The Labute approximate surface area is 208 Å². The molecule has 0 fully saturated rings. The van der Waals surface area contributed by atoms with Crippen LogP contribution in [-0.2, 0) is 11.2 Å². The van der Waals surface area contributed by atoms with E-state index in [0.717, 1.165) is 17.5 Å². The lowest BCUT2D eigenvalue weighted by atomic mass is 10.1. The van der Waals surface area contributed by atoms with Gasteiger partial charge in [0, 0.05) is 18.7 Å². The second kappa shape index (κ2) is 10.3. The lowest BCUT2D eigenvalue weighted by Crippen LogP contribution is -2.32. The van der Waals surface area contributed by atoms with Gasteiger partial charge < -0.3 is 20.4 Å². The molecule has 3 N–H and O–H groups in total. The third-order valence-corrected chi connectivity index (χ3v) is 5.91. The van der Waals surface area contributed by atoms with E-state index < -0.39 is 0 Å². The van der Waals surface area contributed by atoms with Crippen LogP contribution in [0.15, 0.2) is 96.4 Å². The molecule has 7 heteroatoms. The van der Waals surface area contributed by atoms with Gasteiger partial charge in [0.25, 0.3) is 5.91 Å². The van der Waals surface area contributed by atoms with E-state index in [1.165, 1.54) is 11.1 Å². The molecule has 7 nitrogen and oxygen atoms in total. The van der Waals surface area contributed by atoms with Crippen molar-refractivity contribution in [2.45, 2.75) is 13.3 Å². The summed E-state index contributed by atoms with van der Waals surface area (Å²) in [5.74, 6) is 0.762. The summed E-state index contributed by atoms with van der Waals surface area (Å²) in [6.45, 7) is 3.12. The zero-order valence-corrected chi connectivity index (χ0v) is 19.9. The fraction of sp³-hybridized carbons (Fsp3) is 0.138. The average molecular weight is 479 g/mol. The minimum Gasteiger partial charge on any atom is -0.441 e. The number of aromatic amines is 1. The minimum absolute atomic E-state index is 0.204. The normalized spacial score (nSPS) is 12.9. The Balaban J connectivity index is 1.24. The van der Waals surface area contributed by atoms with Gasteiger partial charge in [0.2, 0.25) is 11.7 Å². The highest BCUT2D eigenvalue weighted by molar-refractivity contribution is 6.08. The van der Waals surface area contributed by atoms with E-state index in [1.807, 2.05) is 37.3 Å². The Morgan fingerprint density at radius 3 is 2.56 bits per heavy atom. The van der Waals surface area contributed by atoms with Crippen LogP contribution in [0.25, 0.3) is 11.0 Å². The number of amides is 1. The van der Waals surface area contributed by atoms with E-state index in [-0.39, 0.29) is 17.5 Å². The van der Waals surface area contributed by atoms with E-state index in [9.17, 15) is 9.59 Å². The van der Waals surface area contributed by atoms with Crippen molar-refractivity contribution in [3.8, 4) is 5.75 Å². The second-order valence-electron chi connectivity index (χ2n) is 8.58. The van der Waals surface area contributed by atoms with Crippen LogP contribution in [-0.4, -0.2) is 34.7 Å². The number of carbonyl (C=O) groups excluding carboxylic acids is 2. The number of nitrogens with zero attached hydrogens (tertiary/aromatic N) is 1. The van der Waals surface area contributed by atoms with E-state index in [4.69, 9.17) is 4.74 Å². The molecule has 0 radical (unpaired) electrons. The van der Waals surface area contributed by atoms with Gasteiger partial charge in [-0.3, -0.25) is 9.59 Å². The van der Waals surface area contributed by atoms with Gasteiger partial charge in [-0.05, 0) is 61.4 Å². The van der Waals surface area contributed by atoms with Gasteiger partial charge in [-0.25, -0.2) is 4.98 Å². The van der Waals surface area contributed by atoms with Crippen LogP contribution >= 0.6 is 0 Å². The summed E-state index contributed by atoms with van der Waals surface area (Å²) in [7, 11) is 0. The number of benzene rings is 3. The van der Waals surface area contributed by atoms with Gasteiger partial charge in [0.05, 0.1) is 16.6 Å². The number of carbonyl (C=O) groups is 2. The fourth-order valence-corrected chi connectivity index (χ4v) is 3.93. The Kier molecular flexibility index (Phi) is 6.62. The number of ketones is 1. The molecule has 1 aliphatic heterocycles. The topological polar surface area (TPSA) is 96.1 Å². The van der Waals surface area contributed by atoms with Crippen LogP contribution in [0.2, 0.25) is 0 Å². The van der Waals surface area contributed by atoms with Crippen molar-refractivity contribution in [1.82, 2.24) is 20.6 Å². The van der Waals surface area contributed by atoms with E-state index in [0.29, 0.717) is 35.9 Å². The lowest BCUT2D eigenvalue weighted by molar-refractivity contribution is -0.117. The molecule has 0 aliphatic carbocycles. The Morgan fingerprint density at radius 1 is 1.00 bits per heavy atom. The van der Waals surface area contributed by atoms with E-state index >= 15 is 0 Å². The largest absolute Gasteiger partial charge is 0.441 e. The number of hydrogen-bond acceptors (Lipinski definition) is 5. The number of dihydropyridines is 1. The molecule has 3 aromatic carbocycles. The predicted octanol–water partition coefficient (Wildman–Crippen LogP) is 4.21. The van der Waals surface area contributed by atoms with Crippen molar-refractivity contribution in [3.63, 3.8) is 0 Å². The van der Waals surface area contributed by atoms with Crippen LogP contribution in [0, 0.1) is 6.92 Å². The molecular weight excluding hydrogens is 452 g/mol. The minimum atomic E-state index is -0.211. The predicted molar refractivity (Wildman–Crippen MR) is 139 cm³/mol. The maximum atomic E-state index is 12.9. The fourth-order valence-electron chi connectivity index (χ4n) is 3.93.